The third-order valence-corrected chi connectivity index (χ3v) is 4.43. The van der Waals surface area contributed by atoms with Crippen molar-refractivity contribution >= 4 is 22.7 Å². The van der Waals surface area contributed by atoms with Crippen LogP contribution >= 0.6 is 22.7 Å². The number of aromatic nitrogens is 2. The molecule has 2 aromatic heterocycles. The molecule has 0 N–H and O–H groups in total. The highest BCUT2D eigenvalue weighted by Crippen LogP contribution is 2.24. The van der Waals surface area contributed by atoms with Crippen molar-refractivity contribution in [3.8, 4) is 0 Å². The second-order valence-electron chi connectivity index (χ2n) is 4.11. The molecule has 0 saturated heterocycles. The van der Waals surface area contributed by atoms with E-state index in [1.807, 2.05) is 18.9 Å². The lowest BCUT2D eigenvalue weighted by Gasteiger charge is -2.24. The molecule has 0 saturated carbocycles. The summed E-state index contributed by atoms with van der Waals surface area (Å²) in [5.41, 5.74) is 2.11. The highest BCUT2D eigenvalue weighted by Gasteiger charge is 2.19. The summed E-state index contributed by atoms with van der Waals surface area (Å²) in [6, 6.07) is 0.129. The zero-order valence-electron chi connectivity index (χ0n) is 11.0. The summed E-state index contributed by atoms with van der Waals surface area (Å²) in [7, 11) is 1.69. The van der Waals surface area contributed by atoms with E-state index in [1.165, 1.54) is 0 Å². The van der Waals surface area contributed by atoms with Gasteiger partial charge in [0.1, 0.15) is 5.01 Å². The zero-order valence-corrected chi connectivity index (χ0v) is 12.6. The van der Waals surface area contributed by atoms with Crippen molar-refractivity contribution in [3.63, 3.8) is 0 Å². The number of hydrogen-bond acceptors (Lipinski definition) is 6. The standard InChI is InChI=1S/C12H17N3OS2/c1-8-6-18-12(13-8)5-15(16-4)9(2)11-7-17-10(3)14-11/h6-7,9H,5H2,1-4H3. The van der Waals surface area contributed by atoms with Crippen LogP contribution in [0.15, 0.2) is 10.8 Å². The minimum atomic E-state index is 0.129. The average molecular weight is 283 g/mol. The van der Waals surface area contributed by atoms with E-state index in [2.05, 4.69) is 27.7 Å². The highest BCUT2D eigenvalue weighted by atomic mass is 32.1. The molecule has 0 radical (unpaired) electrons. The summed E-state index contributed by atoms with van der Waals surface area (Å²) in [4.78, 5) is 14.4. The number of hydroxylamine groups is 2. The fourth-order valence-corrected chi connectivity index (χ4v) is 3.14. The maximum atomic E-state index is 5.45. The van der Waals surface area contributed by atoms with Gasteiger partial charge in [-0.15, -0.1) is 22.7 Å². The van der Waals surface area contributed by atoms with Gasteiger partial charge in [0.25, 0.3) is 0 Å². The molecule has 1 atom stereocenters. The lowest BCUT2D eigenvalue weighted by atomic mass is 10.2. The fraction of sp³-hybridized carbons (Fsp3) is 0.500. The van der Waals surface area contributed by atoms with E-state index in [0.717, 1.165) is 21.4 Å². The van der Waals surface area contributed by atoms with Crippen molar-refractivity contribution in [1.29, 1.82) is 0 Å². The van der Waals surface area contributed by atoms with Gasteiger partial charge in [0.2, 0.25) is 0 Å². The third-order valence-electron chi connectivity index (χ3n) is 2.69. The molecule has 4 nitrogen and oxygen atoms in total. The highest BCUT2D eigenvalue weighted by molar-refractivity contribution is 7.09. The van der Waals surface area contributed by atoms with Crippen LogP contribution in [-0.4, -0.2) is 22.1 Å². The minimum absolute atomic E-state index is 0.129. The molecule has 0 aliphatic heterocycles. The third kappa shape index (κ3) is 3.14. The first-order valence-electron chi connectivity index (χ1n) is 5.74. The molecule has 2 aromatic rings. The number of thiazole rings is 2. The first kappa shape index (κ1) is 13.6. The SMILES string of the molecule is CON(Cc1nc(C)cs1)C(C)c1csc(C)n1. The van der Waals surface area contributed by atoms with Crippen LogP contribution < -0.4 is 0 Å². The van der Waals surface area contributed by atoms with Gasteiger partial charge in [-0.3, -0.25) is 0 Å². The van der Waals surface area contributed by atoms with Crippen LogP contribution in [0.5, 0.6) is 0 Å². The van der Waals surface area contributed by atoms with Crippen molar-refractivity contribution in [2.45, 2.75) is 33.4 Å². The number of hydrogen-bond donors (Lipinski definition) is 0. The molecule has 0 amide bonds. The van der Waals surface area contributed by atoms with E-state index >= 15 is 0 Å². The van der Waals surface area contributed by atoms with E-state index in [9.17, 15) is 0 Å². The van der Waals surface area contributed by atoms with Gasteiger partial charge >= 0.3 is 0 Å². The van der Waals surface area contributed by atoms with Crippen LogP contribution in [0.3, 0.4) is 0 Å². The largest absolute Gasteiger partial charge is 0.301 e. The molecule has 0 spiro atoms. The molecule has 0 aromatic carbocycles. The van der Waals surface area contributed by atoms with E-state index < -0.39 is 0 Å². The number of rotatable bonds is 5. The van der Waals surface area contributed by atoms with Crippen LogP contribution in [-0.2, 0) is 11.4 Å². The first-order chi connectivity index (χ1) is 8.60. The molecule has 2 heterocycles. The predicted molar refractivity (Wildman–Crippen MR) is 74.7 cm³/mol. The van der Waals surface area contributed by atoms with Crippen LogP contribution in [0.4, 0.5) is 0 Å². The minimum Gasteiger partial charge on any atom is -0.301 e. The lowest BCUT2D eigenvalue weighted by Crippen LogP contribution is -2.25. The van der Waals surface area contributed by atoms with Crippen molar-refractivity contribution < 1.29 is 4.84 Å². The van der Waals surface area contributed by atoms with Gasteiger partial charge in [-0.2, -0.15) is 5.06 Å². The van der Waals surface area contributed by atoms with Crippen LogP contribution in [0.2, 0.25) is 0 Å². The molecule has 2 rings (SSSR count). The topological polar surface area (TPSA) is 38.2 Å². The normalized spacial score (nSPS) is 13.2. The Bertz CT molecular complexity index is 509. The molecule has 0 fully saturated rings. The Labute approximate surface area is 115 Å². The molecular weight excluding hydrogens is 266 g/mol. The Morgan fingerprint density at radius 1 is 1.28 bits per heavy atom. The summed E-state index contributed by atoms with van der Waals surface area (Å²) < 4.78 is 0. The molecule has 1 unspecified atom stereocenters. The van der Waals surface area contributed by atoms with Crippen LogP contribution in [0, 0.1) is 13.8 Å². The average Bonchev–Trinajstić information content (AvgIpc) is 2.94. The first-order valence-corrected chi connectivity index (χ1v) is 7.50. The van der Waals surface area contributed by atoms with Gasteiger partial charge in [0.05, 0.1) is 30.4 Å². The van der Waals surface area contributed by atoms with Gasteiger partial charge in [0, 0.05) is 16.5 Å². The number of nitrogens with zero attached hydrogens (tertiary/aromatic N) is 3. The molecule has 6 heteroatoms. The van der Waals surface area contributed by atoms with Crippen molar-refractivity contribution in [1.82, 2.24) is 15.0 Å². The van der Waals surface area contributed by atoms with Crippen molar-refractivity contribution in [2.75, 3.05) is 7.11 Å². The second-order valence-corrected chi connectivity index (χ2v) is 6.11. The molecule has 0 aliphatic rings. The lowest BCUT2D eigenvalue weighted by molar-refractivity contribution is -0.168. The van der Waals surface area contributed by atoms with E-state index in [-0.39, 0.29) is 6.04 Å². The Morgan fingerprint density at radius 3 is 2.56 bits per heavy atom. The monoisotopic (exact) mass is 283 g/mol. The number of aryl methyl sites for hydroxylation is 2. The quantitative estimate of drug-likeness (QED) is 0.789. The van der Waals surface area contributed by atoms with Gasteiger partial charge in [0.15, 0.2) is 0 Å². The van der Waals surface area contributed by atoms with Gasteiger partial charge in [-0.1, -0.05) is 0 Å². The smallest absolute Gasteiger partial charge is 0.109 e. The summed E-state index contributed by atoms with van der Waals surface area (Å²) in [5.74, 6) is 0. The molecule has 0 bridgehead atoms. The van der Waals surface area contributed by atoms with Crippen LogP contribution in [0.1, 0.15) is 34.4 Å². The second kappa shape index (κ2) is 5.88. The Morgan fingerprint density at radius 2 is 2.06 bits per heavy atom. The van der Waals surface area contributed by atoms with E-state index in [0.29, 0.717) is 6.54 Å². The fourth-order valence-electron chi connectivity index (χ4n) is 1.69. The maximum Gasteiger partial charge on any atom is 0.109 e. The molecular formula is C12H17N3OS2. The maximum absolute atomic E-state index is 5.45. The van der Waals surface area contributed by atoms with Gasteiger partial charge < -0.3 is 4.84 Å². The van der Waals surface area contributed by atoms with Gasteiger partial charge in [-0.05, 0) is 20.8 Å². The van der Waals surface area contributed by atoms with Crippen LogP contribution in [0.25, 0.3) is 0 Å². The predicted octanol–water partition coefficient (Wildman–Crippen LogP) is 3.34. The summed E-state index contributed by atoms with van der Waals surface area (Å²) in [5, 5.41) is 8.19. The Balaban J connectivity index is 2.08. The van der Waals surface area contributed by atoms with Crippen molar-refractivity contribution in [2.24, 2.45) is 0 Å². The molecule has 98 valence electrons. The Hall–Kier alpha value is -0.820. The summed E-state index contributed by atoms with van der Waals surface area (Å²) in [6.07, 6.45) is 0. The van der Waals surface area contributed by atoms with E-state index in [4.69, 9.17) is 4.84 Å². The molecule has 0 aliphatic carbocycles. The zero-order chi connectivity index (χ0) is 13.1. The van der Waals surface area contributed by atoms with Gasteiger partial charge in [-0.25, -0.2) is 9.97 Å². The summed E-state index contributed by atoms with van der Waals surface area (Å²) >= 11 is 3.33. The van der Waals surface area contributed by atoms with E-state index in [1.54, 1.807) is 29.8 Å². The Kier molecular flexibility index (Phi) is 4.45. The van der Waals surface area contributed by atoms with Crippen molar-refractivity contribution in [3.05, 3.63) is 32.2 Å². The molecule has 18 heavy (non-hydrogen) atoms. The summed E-state index contributed by atoms with van der Waals surface area (Å²) in [6.45, 7) is 6.80.